The molecule has 2 heteroatoms. The van der Waals surface area contributed by atoms with Gasteiger partial charge in [0.2, 0.25) is 0 Å². The minimum Gasteiger partial charge on any atom is -0.393 e. The summed E-state index contributed by atoms with van der Waals surface area (Å²) in [4.78, 5) is 10.6. The molecule has 2 aliphatic rings. The zero-order valence-electron chi connectivity index (χ0n) is 10.3. The molecule has 0 aromatic carbocycles. The van der Waals surface area contributed by atoms with E-state index in [4.69, 9.17) is 0 Å². The average molecular weight is 222 g/mol. The third-order valence-electron chi connectivity index (χ3n) is 4.71. The van der Waals surface area contributed by atoms with Crippen molar-refractivity contribution in [2.75, 3.05) is 0 Å². The summed E-state index contributed by atoms with van der Waals surface area (Å²) in [7, 11) is 0. The number of allylic oxidation sites excluding steroid dienone is 2. The van der Waals surface area contributed by atoms with Crippen molar-refractivity contribution in [3.05, 3.63) is 11.6 Å². The van der Waals surface area contributed by atoms with Crippen molar-refractivity contribution in [1.29, 1.82) is 0 Å². The summed E-state index contributed by atoms with van der Waals surface area (Å²) < 4.78 is 0. The molecule has 0 aliphatic heterocycles. The van der Waals surface area contributed by atoms with E-state index in [0.29, 0.717) is 18.3 Å². The Labute approximate surface area is 97.7 Å². The number of hydrogen-bond acceptors (Lipinski definition) is 2. The SMILES string of the molecule is C[C@@H](CC=O)C1=CC[C@H]2[C@@H](O)CCC[C@@]12C. The fraction of sp³-hybridized carbons (Fsp3) is 0.786. The number of rotatable bonds is 3. The van der Waals surface area contributed by atoms with Gasteiger partial charge in [-0.2, -0.15) is 0 Å². The Morgan fingerprint density at radius 2 is 2.44 bits per heavy atom. The molecule has 0 amide bonds. The van der Waals surface area contributed by atoms with Gasteiger partial charge in [-0.3, -0.25) is 0 Å². The second-order valence-corrected chi connectivity index (χ2v) is 5.68. The van der Waals surface area contributed by atoms with E-state index in [0.717, 1.165) is 25.5 Å². The van der Waals surface area contributed by atoms with Crippen LogP contribution in [0.2, 0.25) is 0 Å². The monoisotopic (exact) mass is 222 g/mol. The minimum absolute atomic E-state index is 0.143. The fourth-order valence-electron chi connectivity index (χ4n) is 3.79. The number of hydrogen-bond donors (Lipinski definition) is 1. The number of carbonyl (C=O) groups excluding carboxylic acids is 1. The van der Waals surface area contributed by atoms with Crippen molar-refractivity contribution < 1.29 is 9.90 Å². The second-order valence-electron chi connectivity index (χ2n) is 5.68. The van der Waals surface area contributed by atoms with E-state index in [1.54, 1.807) is 0 Å². The first kappa shape index (κ1) is 11.8. The smallest absolute Gasteiger partial charge is 0.120 e. The summed E-state index contributed by atoms with van der Waals surface area (Å²) in [5.41, 5.74) is 1.57. The van der Waals surface area contributed by atoms with Crippen LogP contribution >= 0.6 is 0 Å². The average Bonchev–Trinajstić information content (AvgIpc) is 2.57. The number of aliphatic hydroxyl groups is 1. The quantitative estimate of drug-likeness (QED) is 0.589. The molecule has 2 rings (SSSR count). The predicted octanol–water partition coefficient (Wildman–Crippen LogP) is 2.71. The lowest BCUT2D eigenvalue weighted by atomic mass is 9.63. The van der Waals surface area contributed by atoms with Crippen LogP contribution in [0.4, 0.5) is 0 Å². The van der Waals surface area contributed by atoms with Gasteiger partial charge >= 0.3 is 0 Å². The zero-order chi connectivity index (χ0) is 11.8. The topological polar surface area (TPSA) is 37.3 Å². The van der Waals surface area contributed by atoms with Gasteiger partial charge < -0.3 is 9.90 Å². The molecule has 2 aliphatic carbocycles. The Kier molecular flexibility index (Phi) is 3.20. The molecular formula is C14H22O2. The van der Waals surface area contributed by atoms with Crippen LogP contribution in [0.25, 0.3) is 0 Å². The summed E-state index contributed by atoms with van der Waals surface area (Å²) >= 11 is 0. The summed E-state index contributed by atoms with van der Waals surface area (Å²) in [5.74, 6) is 0.739. The maximum absolute atomic E-state index is 10.6. The van der Waals surface area contributed by atoms with Crippen molar-refractivity contribution in [1.82, 2.24) is 0 Å². The molecule has 0 aromatic heterocycles. The van der Waals surface area contributed by atoms with Crippen molar-refractivity contribution in [3.8, 4) is 0 Å². The van der Waals surface area contributed by atoms with Gasteiger partial charge in [-0.1, -0.05) is 25.5 Å². The van der Waals surface area contributed by atoms with Gasteiger partial charge in [-0.15, -0.1) is 0 Å². The lowest BCUT2D eigenvalue weighted by Crippen LogP contribution is -2.39. The molecular weight excluding hydrogens is 200 g/mol. The fourth-order valence-corrected chi connectivity index (χ4v) is 3.79. The van der Waals surface area contributed by atoms with Crippen LogP contribution in [0.1, 0.15) is 46.0 Å². The van der Waals surface area contributed by atoms with Crippen LogP contribution in [0.15, 0.2) is 11.6 Å². The lowest BCUT2D eigenvalue weighted by Gasteiger charge is -2.43. The largest absolute Gasteiger partial charge is 0.393 e. The number of aldehydes is 1. The van der Waals surface area contributed by atoms with E-state index in [2.05, 4.69) is 19.9 Å². The van der Waals surface area contributed by atoms with Crippen molar-refractivity contribution in [3.63, 3.8) is 0 Å². The predicted molar refractivity (Wildman–Crippen MR) is 64.0 cm³/mol. The normalized spacial score (nSPS) is 40.1. The molecule has 1 saturated carbocycles. The Hall–Kier alpha value is -0.630. The van der Waals surface area contributed by atoms with Gasteiger partial charge in [-0.25, -0.2) is 0 Å². The van der Waals surface area contributed by atoms with Crippen LogP contribution < -0.4 is 0 Å². The van der Waals surface area contributed by atoms with E-state index in [9.17, 15) is 9.90 Å². The van der Waals surface area contributed by atoms with Crippen LogP contribution in [0.5, 0.6) is 0 Å². The summed E-state index contributed by atoms with van der Waals surface area (Å²) in [6, 6.07) is 0. The molecule has 0 saturated heterocycles. The van der Waals surface area contributed by atoms with E-state index in [1.165, 1.54) is 12.0 Å². The molecule has 1 fully saturated rings. The van der Waals surface area contributed by atoms with Gasteiger partial charge in [0, 0.05) is 6.42 Å². The molecule has 0 radical (unpaired) electrons. The molecule has 0 aromatic rings. The second kappa shape index (κ2) is 4.33. The highest BCUT2D eigenvalue weighted by atomic mass is 16.3. The lowest BCUT2D eigenvalue weighted by molar-refractivity contribution is -0.108. The Morgan fingerprint density at radius 3 is 3.12 bits per heavy atom. The number of fused-ring (bicyclic) bond motifs is 1. The molecule has 0 spiro atoms. The molecule has 1 N–H and O–H groups in total. The molecule has 0 heterocycles. The van der Waals surface area contributed by atoms with Gasteiger partial charge in [0.1, 0.15) is 6.29 Å². The molecule has 90 valence electrons. The maximum Gasteiger partial charge on any atom is 0.120 e. The Balaban J connectivity index is 2.19. The third-order valence-corrected chi connectivity index (χ3v) is 4.71. The number of aliphatic hydroxyl groups excluding tert-OH is 1. The summed E-state index contributed by atoms with van der Waals surface area (Å²) in [5, 5.41) is 10.1. The molecule has 4 atom stereocenters. The third kappa shape index (κ3) is 1.73. The first-order valence-electron chi connectivity index (χ1n) is 6.42. The van der Waals surface area contributed by atoms with Crippen molar-refractivity contribution in [2.24, 2.45) is 17.3 Å². The maximum atomic E-state index is 10.6. The van der Waals surface area contributed by atoms with Gasteiger partial charge in [-0.05, 0) is 42.9 Å². The zero-order valence-corrected chi connectivity index (χ0v) is 10.3. The van der Waals surface area contributed by atoms with E-state index >= 15 is 0 Å². The molecule has 16 heavy (non-hydrogen) atoms. The van der Waals surface area contributed by atoms with Crippen LogP contribution in [-0.4, -0.2) is 17.5 Å². The van der Waals surface area contributed by atoms with Crippen LogP contribution in [-0.2, 0) is 4.79 Å². The molecule has 0 bridgehead atoms. The van der Waals surface area contributed by atoms with Gasteiger partial charge in [0.15, 0.2) is 0 Å². The highest BCUT2D eigenvalue weighted by Crippen LogP contribution is 2.54. The first-order valence-corrected chi connectivity index (χ1v) is 6.42. The van der Waals surface area contributed by atoms with Crippen LogP contribution in [0.3, 0.4) is 0 Å². The van der Waals surface area contributed by atoms with E-state index in [-0.39, 0.29) is 11.5 Å². The Morgan fingerprint density at radius 1 is 1.69 bits per heavy atom. The highest BCUT2D eigenvalue weighted by molar-refractivity contribution is 5.51. The summed E-state index contributed by atoms with van der Waals surface area (Å²) in [6.07, 6.45) is 8.00. The Bertz CT molecular complexity index is 308. The van der Waals surface area contributed by atoms with E-state index in [1.807, 2.05) is 0 Å². The molecule has 2 nitrogen and oxygen atoms in total. The van der Waals surface area contributed by atoms with E-state index < -0.39 is 0 Å². The first-order chi connectivity index (χ1) is 7.59. The van der Waals surface area contributed by atoms with Crippen LogP contribution in [0, 0.1) is 17.3 Å². The standard InChI is InChI=1S/C14H22O2/c1-10(7-9-15)11-5-6-12-13(16)4-3-8-14(11,12)2/h5,9-10,12-13,16H,3-4,6-8H2,1-2H3/t10-,12-,13-,14-/m0/s1. The van der Waals surface area contributed by atoms with Gasteiger partial charge in [0.25, 0.3) is 0 Å². The van der Waals surface area contributed by atoms with Gasteiger partial charge in [0.05, 0.1) is 6.10 Å². The number of carbonyl (C=O) groups is 1. The molecule has 0 unspecified atom stereocenters. The summed E-state index contributed by atoms with van der Waals surface area (Å²) in [6.45, 7) is 4.41. The van der Waals surface area contributed by atoms with Crippen molar-refractivity contribution in [2.45, 2.75) is 52.1 Å². The highest BCUT2D eigenvalue weighted by Gasteiger charge is 2.47. The minimum atomic E-state index is -0.143. The van der Waals surface area contributed by atoms with Crippen molar-refractivity contribution >= 4 is 6.29 Å².